The first-order valence-corrected chi connectivity index (χ1v) is 8.62. The zero-order chi connectivity index (χ0) is 22.0. The van der Waals surface area contributed by atoms with Crippen LogP contribution in [0.5, 0.6) is 0 Å². The van der Waals surface area contributed by atoms with Crippen LogP contribution in [-0.2, 0) is 19.1 Å². The molecule has 0 heterocycles. The molecule has 0 aromatic carbocycles. The van der Waals surface area contributed by atoms with Gasteiger partial charge in [-0.1, -0.05) is 32.6 Å². The van der Waals surface area contributed by atoms with E-state index in [0.717, 1.165) is 25.8 Å². The Morgan fingerprint density at radius 3 is 1.78 bits per heavy atom. The van der Waals surface area contributed by atoms with Crippen molar-refractivity contribution in [3.05, 3.63) is 36.0 Å². The van der Waals surface area contributed by atoms with Crippen LogP contribution in [0, 0.1) is 0 Å². The molecule has 156 valence electrons. The van der Waals surface area contributed by atoms with Crippen LogP contribution in [-0.4, -0.2) is 60.3 Å². The fourth-order valence-corrected chi connectivity index (χ4v) is 1.06. The number of carbonyl (C=O) groups excluding carboxylic acids is 1. The fraction of sp³-hybridized carbons (Fsp3) is 0.550. The Morgan fingerprint density at radius 1 is 1.00 bits per heavy atom. The molecule has 27 heavy (non-hydrogen) atoms. The zero-order valence-corrected chi connectivity index (χ0v) is 17.5. The Labute approximate surface area is 163 Å². The molecule has 7 nitrogen and oxygen atoms in total. The number of unbranched alkanes of at least 4 members (excludes halogenated alkanes) is 1. The molecule has 0 aromatic rings. The van der Waals surface area contributed by atoms with Gasteiger partial charge < -0.3 is 19.8 Å². The Hall–Kier alpha value is -2.41. The van der Waals surface area contributed by atoms with Gasteiger partial charge in [0.25, 0.3) is 0 Å². The van der Waals surface area contributed by atoms with Crippen LogP contribution < -0.4 is 0 Å². The van der Waals surface area contributed by atoms with Crippen molar-refractivity contribution in [2.75, 3.05) is 27.2 Å². The van der Waals surface area contributed by atoms with Gasteiger partial charge in [0.2, 0.25) is 0 Å². The summed E-state index contributed by atoms with van der Waals surface area (Å²) in [4.78, 5) is 32.6. The van der Waals surface area contributed by atoms with Gasteiger partial charge in [-0.3, -0.25) is 0 Å². The molecule has 0 saturated heterocycles. The summed E-state index contributed by atoms with van der Waals surface area (Å²) in [6.45, 7) is 14.8. The molecular weight excluding hydrogens is 350 g/mol. The minimum Gasteiger partial charge on any atom is -0.478 e. The summed E-state index contributed by atoms with van der Waals surface area (Å²) in [5.41, 5.74) is 1.07. The first kappa shape index (κ1) is 29.4. The second-order valence-electron chi connectivity index (χ2n) is 6.14. The number of ether oxygens (including phenoxy) is 1. The van der Waals surface area contributed by atoms with Crippen molar-refractivity contribution in [1.29, 1.82) is 0 Å². The fourth-order valence-electron chi connectivity index (χ4n) is 1.06. The number of hydrogen-bond acceptors (Lipinski definition) is 5. The minimum atomic E-state index is -0.935. The highest BCUT2D eigenvalue weighted by molar-refractivity contribution is 5.87. The topological polar surface area (TPSA) is 104 Å². The summed E-state index contributed by atoms with van der Waals surface area (Å²) < 4.78 is 4.81. The molecule has 0 aliphatic rings. The second-order valence-corrected chi connectivity index (χ2v) is 6.14. The number of carboxylic acids is 2. The minimum absolute atomic E-state index is 0.176. The first-order chi connectivity index (χ1) is 12.4. The highest BCUT2D eigenvalue weighted by Crippen LogP contribution is 1.95. The van der Waals surface area contributed by atoms with Crippen molar-refractivity contribution in [1.82, 2.24) is 4.90 Å². The molecule has 0 radical (unpaired) electrons. The van der Waals surface area contributed by atoms with Gasteiger partial charge in [0, 0.05) is 23.3 Å². The van der Waals surface area contributed by atoms with Gasteiger partial charge in [0.1, 0.15) is 0 Å². The third-order valence-corrected chi connectivity index (χ3v) is 2.81. The Bertz CT molecular complexity index is 509. The maximum absolute atomic E-state index is 10.7. The maximum Gasteiger partial charge on any atom is 0.333 e. The SMILES string of the molecule is C=C(C)C(=O)O.C=C(C)C(=O)OCCCC.CC(=CCCN(C)C)C(=O)O. The molecule has 0 bridgehead atoms. The van der Waals surface area contributed by atoms with Crippen molar-refractivity contribution < 1.29 is 29.3 Å². The van der Waals surface area contributed by atoms with Crippen molar-refractivity contribution in [3.63, 3.8) is 0 Å². The highest BCUT2D eigenvalue weighted by atomic mass is 16.5. The first-order valence-electron chi connectivity index (χ1n) is 8.62. The number of carbonyl (C=O) groups is 3. The third-order valence-electron chi connectivity index (χ3n) is 2.81. The predicted octanol–water partition coefficient (Wildman–Crippen LogP) is 3.52. The molecule has 0 unspecified atom stereocenters. The maximum atomic E-state index is 10.7. The average Bonchev–Trinajstić information content (AvgIpc) is 2.55. The van der Waals surface area contributed by atoms with Crippen molar-refractivity contribution in [2.45, 2.75) is 47.0 Å². The summed E-state index contributed by atoms with van der Waals surface area (Å²) in [5.74, 6) is -2.05. The van der Waals surface area contributed by atoms with Crippen LogP contribution in [0.25, 0.3) is 0 Å². The molecule has 0 saturated carbocycles. The number of aliphatic carboxylic acids is 2. The molecule has 0 spiro atoms. The van der Waals surface area contributed by atoms with Gasteiger partial charge in [-0.15, -0.1) is 0 Å². The van der Waals surface area contributed by atoms with Gasteiger partial charge in [0.15, 0.2) is 0 Å². The molecule has 0 aliphatic carbocycles. The van der Waals surface area contributed by atoms with Crippen molar-refractivity contribution in [3.8, 4) is 0 Å². The number of esters is 1. The van der Waals surface area contributed by atoms with E-state index in [0.29, 0.717) is 17.8 Å². The zero-order valence-electron chi connectivity index (χ0n) is 17.5. The Balaban J connectivity index is -0.000000334. The molecular formula is C20H35NO6. The molecule has 2 N–H and O–H groups in total. The van der Waals surface area contributed by atoms with Crippen LogP contribution in [0.4, 0.5) is 0 Å². The van der Waals surface area contributed by atoms with E-state index >= 15 is 0 Å². The van der Waals surface area contributed by atoms with Gasteiger partial charge in [-0.05, 0) is 47.7 Å². The van der Waals surface area contributed by atoms with E-state index in [9.17, 15) is 14.4 Å². The molecule has 0 aromatic heterocycles. The smallest absolute Gasteiger partial charge is 0.333 e. The quantitative estimate of drug-likeness (QED) is 0.355. The lowest BCUT2D eigenvalue weighted by atomic mass is 10.2. The molecule has 0 atom stereocenters. The van der Waals surface area contributed by atoms with E-state index in [1.165, 1.54) is 6.92 Å². The van der Waals surface area contributed by atoms with E-state index in [4.69, 9.17) is 14.9 Å². The number of carboxylic acid groups (broad SMARTS) is 2. The summed E-state index contributed by atoms with van der Waals surface area (Å²) in [7, 11) is 3.92. The van der Waals surface area contributed by atoms with E-state index in [1.54, 1.807) is 19.9 Å². The summed E-state index contributed by atoms with van der Waals surface area (Å²) in [5, 5.41) is 16.4. The largest absolute Gasteiger partial charge is 0.478 e. The highest BCUT2D eigenvalue weighted by Gasteiger charge is 2.00. The summed E-state index contributed by atoms with van der Waals surface area (Å²) in [6, 6.07) is 0. The number of rotatable bonds is 9. The van der Waals surface area contributed by atoms with E-state index in [-0.39, 0.29) is 11.5 Å². The lowest BCUT2D eigenvalue weighted by Gasteiger charge is -2.05. The second kappa shape index (κ2) is 18.4. The standard InChI is InChI=1S/C8H15NO2.C8H14O2.C4H6O2/c1-7(8(10)11)5-4-6-9(2)3;1-4-5-6-10-8(9)7(2)3;1-3(2)4(5)6/h5H,4,6H2,1-3H3,(H,10,11);2,4-6H2,1,3H3;1H2,2H3,(H,5,6). The van der Waals surface area contributed by atoms with Crippen molar-refractivity contribution >= 4 is 17.9 Å². The van der Waals surface area contributed by atoms with Gasteiger partial charge in [0.05, 0.1) is 6.61 Å². The summed E-state index contributed by atoms with van der Waals surface area (Å²) >= 11 is 0. The predicted molar refractivity (Wildman–Crippen MR) is 108 cm³/mol. The van der Waals surface area contributed by atoms with E-state index in [1.807, 2.05) is 19.0 Å². The number of hydrogen-bond donors (Lipinski definition) is 2. The van der Waals surface area contributed by atoms with E-state index < -0.39 is 11.9 Å². The van der Waals surface area contributed by atoms with Crippen LogP contribution in [0.3, 0.4) is 0 Å². The Morgan fingerprint density at radius 2 is 1.48 bits per heavy atom. The van der Waals surface area contributed by atoms with Gasteiger partial charge in [-0.25, -0.2) is 14.4 Å². The Kier molecular flexibility index (Phi) is 20.0. The molecule has 0 rings (SSSR count). The summed E-state index contributed by atoms with van der Waals surface area (Å²) in [6.07, 6.45) is 4.51. The van der Waals surface area contributed by atoms with Crippen LogP contribution in [0.2, 0.25) is 0 Å². The monoisotopic (exact) mass is 385 g/mol. The van der Waals surface area contributed by atoms with Crippen LogP contribution >= 0.6 is 0 Å². The lowest BCUT2D eigenvalue weighted by Crippen LogP contribution is -2.12. The van der Waals surface area contributed by atoms with Crippen molar-refractivity contribution in [2.24, 2.45) is 0 Å². The van der Waals surface area contributed by atoms with Crippen LogP contribution in [0.15, 0.2) is 36.0 Å². The van der Waals surface area contributed by atoms with E-state index in [2.05, 4.69) is 20.1 Å². The van der Waals surface area contributed by atoms with Crippen LogP contribution in [0.1, 0.15) is 47.0 Å². The lowest BCUT2D eigenvalue weighted by molar-refractivity contribution is -0.139. The van der Waals surface area contributed by atoms with Gasteiger partial charge in [-0.2, -0.15) is 0 Å². The normalized spacial score (nSPS) is 9.96. The molecule has 0 amide bonds. The third kappa shape index (κ3) is 25.9. The molecule has 0 fully saturated rings. The van der Waals surface area contributed by atoms with Gasteiger partial charge >= 0.3 is 17.9 Å². The molecule has 7 heteroatoms. The number of nitrogens with zero attached hydrogens (tertiary/aromatic N) is 1. The molecule has 0 aliphatic heterocycles. The average molecular weight is 386 g/mol.